The summed E-state index contributed by atoms with van der Waals surface area (Å²) in [6.45, 7) is 4.06. The second kappa shape index (κ2) is 6.12. The van der Waals surface area contributed by atoms with E-state index in [-0.39, 0.29) is 4.90 Å². The van der Waals surface area contributed by atoms with Crippen molar-refractivity contribution in [3.63, 3.8) is 0 Å². The van der Waals surface area contributed by atoms with Gasteiger partial charge >= 0.3 is 0 Å². The summed E-state index contributed by atoms with van der Waals surface area (Å²) in [6, 6.07) is 8.70. The number of hydrogen-bond acceptors (Lipinski definition) is 6. The Morgan fingerprint density at radius 3 is 2.36 bits per heavy atom. The summed E-state index contributed by atoms with van der Waals surface area (Å²) in [6.07, 6.45) is 1.17. The van der Waals surface area contributed by atoms with Crippen LogP contribution in [0, 0.1) is 25.2 Å². The standard InChI is InChI=1S/C15H16N4O2S/c1-10-11(2)18-19-15(14(10)8-16)17-9-12-4-6-13(7-5-12)22(3,20)21/h4-7H,9H2,1-3H3,(H,17,19). The molecule has 0 aliphatic rings. The fourth-order valence-corrected chi connectivity index (χ4v) is 2.54. The smallest absolute Gasteiger partial charge is 0.175 e. The topological polar surface area (TPSA) is 95.7 Å². The van der Waals surface area contributed by atoms with Gasteiger partial charge in [0.2, 0.25) is 0 Å². The van der Waals surface area contributed by atoms with Crippen molar-refractivity contribution in [3.05, 3.63) is 46.6 Å². The molecule has 1 aromatic carbocycles. The maximum absolute atomic E-state index is 11.4. The molecule has 0 unspecified atom stereocenters. The van der Waals surface area contributed by atoms with Gasteiger partial charge in [-0.1, -0.05) is 12.1 Å². The highest BCUT2D eigenvalue weighted by molar-refractivity contribution is 7.90. The number of benzene rings is 1. The zero-order valence-electron chi connectivity index (χ0n) is 12.6. The van der Waals surface area contributed by atoms with Crippen LogP contribution in [0.15, 0.2) is 29.2 Å². The summed E-state index contributed by atoms with van der Waals surface area (Å²) in [5, 5.41) is 20.3. The Morgan fingerprint density at radius 1 is 1.18 bits per heavy atom. The molecule has 0 atom stereocenters. The van der Waals surface area contributed by atoms with E-state index in [1.165, 1.54) is 6.26 Å². The second-order valence-corrected chi connectivity index (χ2v) is 7.03. The summed E-state index contributed by atoms with van der Waals surface area (Å²) < 4.78 is 22.8. The molecule has 0 radical (unpaired) electrons. The van der Waals surface area contributed by atoms with E-state index in [9.17, 15) is 13.7 Å². The van der Waals surface area contributed by atoms with Gasteiger partial charge in [-0.05, 0) is 37.1 Å². The molecular formula is C15H16N4O2S. The van der Waals surface area contributed by atoms with Crippen LogP contribution in [0.3, 0.4) is 0 Å². The van der Waals surface area contributed by atoms with E-state index < -0.39 is 9.84 Å². The fraction of sp³-hybridized carbons (Fsp3) is 0.267. The van der Waals surface area contributed by atoms with Crippen molar-refractivity contribution >= 4 is 15.7 Å². The number of hydrogen-bond donors (Lipinski definition) is 1. The average Bonchev–Trinajstić information content (AvgIpc) is 2.48. The molecule has 2 aromatic rings. The van der Waals surface area contributed by atoms with Crippen LogP contribution in [-0.4, -0.2) is 24.9 Å². The number of rotatable bonds is 4. The van der Waals surface area contributed by atoms with Crippen molar-refractivity contribution in [2.24, 2.45) is 0 Å². The first-order valence-corrected chi connectivity index (χ1v) is 8.49. The van der Waals surface area contributed by atoms with Gasteiger partial charge in [-0.25, -0.2) is 8.42 Å². The summed E-state index contributed by atoms with van der Waals surface area (Å²) in [4.78, 5) is 0.278. The Kier molecular flexibility index (Phi) is 4.43. The molecule has 6 nitrogen and oxygen atoms in total. The first kappa shape index (κ1) is 15.9. The van der Waals surface area contributed by atoms with Gasteiger partial charge in [0.25, 0.3) is 0 Å². The van der Waals surface area contributed by atoms with Gasteiger partial charge in [0.15, 0.2) is 15.7 Å². The quantitative estimate of drug-likeness (QED) is 0.926. The van der Waals surface area contributed by atoms with E-state index in [0.717, 1.165) is 16.8 Å². The Hall–Kier alpha value is -2.46. The molecule has 2 rings (SSSR count). The van der Waals surface area contributed by atoms with E-state index in [0.29, 0.717) is 17.9 Å². The van der Waals surface area contributed by atoms with Crippen molar-refractivity contribution in [2.75, 3.05) is 11.6 Å². The predicted molar refractivity (Wildman–Crippen MR) is 83.1 cm³/mol. The summed E-state index contributed by atoms with van der Waals surface area (Å²) in [5.41, 5.74) is 2.88. The minimum absolute atomic E-state index is 0.278. The number of aromatic nitrogens is 2. The van der Waals surface area contributed by atoms with Crippen molar-refractivity contribution in [2.45, 2.75) is 25.3 Å². The highest BCUT2D eigenvalue weighted by atomic mass is 32.2. The first-order valence-electron chi connectivity index (χ1n) is 6.60. The molecule has 0 amide bonds. The summed E-state index contributed by atoms with van der Waals surface area (Å²) >= 11 is 0. The molecular weight excluding hydrogens is 300 g/mol. The van der Waals surface area contributed by atoms with E-state index in [1.54, 1.807) is 31.2 Å². The molecule has 1 N–H and O–H groups in total. The van der Waals surface area contributed by atoms with Gasteiger partial charge in [0.05, 0.1) is 10.6 Å². The number of anilines is 1. The third-order valence-electron chi connectivity index (χ3n) is 3.38. The highest BCUT2D eigenvalue weighted by Crippen LogP contribution is 2.18. The molecule has 1 heterocycles. The number of aryl methyl sites for hydroxylation is 1. The van der Waals surface area contributed by atoms with Gasteiger partial charge in [-0.3, -0.25) is 0 Å². The minimum Gasteiger partial charge on any atom is -0.363 e. The summed E-state index contributed by atoms with van der Waals surface area (Å²) in [7, 11) is -3.19. The number of nitrogens with one attached hydrogen (secondary N) is 1. The average molecular weight is 316 g/mol. The third kappa shape index (κ3) is 3.40. The van der Waals surface area contributed by atoms with Crippen LogP contribution in [-0.2, 0) is 16.4 Å². The lowest BCUT2D eigenvalue weighted by Gasteiger charge is -2.10. The molecule has 0 saturated heterocycles. The van der Waals surface area contributed by atoms with Crippen molar-refractivity contribution in [1.82, 2.24) is 10.2 Å². The van der Waals surface area contributed by atoms with Crippen molar-refractivity contribution in [3.8, 4) is 6.07 Å². The molecule has 0 saturated carbocycles. The van der Waals surface area contributed by atoms with Gasteiger partial charge in [-0.15, -0.1) is 5.10 Å². The maximum atomic E-state index is 11.4. The molecule has 114 valence electrons. The molecule has 1 aromatic heterocycles. The fourth-order valence-electron chi connectivity index (χ4n) is 1.91. The van der Waals surface area contributed by atoms with Crippen LogP contribution >= 0.6 is 0 Å². The lowest BCUT2D eigenvalue weighted by Crippen LogP contribution is -2.07. The van der Waals surface area contributed by atoms with Crippen molar-refractivity contribution < 1.29 is 8.42 Å². The monoisotopic (exact) mass is 316 g/mol. The lowest BCUT2D eigenvalue weighted by atomic mass is 10.1. The molecule has 7 heteroatoms. The maximum Gasteiger partial charge on any atom is 0.175 e. The zero-order chi connectivity index (χ0) is 16.3. The van der Waals surface area contributed by atoms with E-state index >= 15 is 0 Å². The van der Waals surface area contributed by atoms with E-state index in [4.69, 9.17) is 0 Å². The molecule has 0 spiro atoms. The third-order valence-corrected chi connectivity index (χ3v) is 4.51. The summed E-state index contributed by atoms with van der Waals surface area (Å²) in [5.74, 6) is 0.429. The van der Waals surface area contributed by atoms with Gasteiger partial charge in [0, 0.05) is 12.8 Å². The predicted octanol–water partition coefficient (Wildman–Crippen LogP) is 1.98. The van der Waals surface area contributed by atoms with Crippen LogP contribution < -0.4 is 5.32 Å². The Morgan fingerprint density at radius 2 is 1.82 bits per heavy atom. The largest absolute Gasteiger partial charge is 0.363 e. The Bertz CT molecular complexity index is 837. The van der Waals surface area contributed by atoms with Gasteiger partial charge in [0.1, 0.15) is 11.6 Å². The van der Waals surface area contributed by atoms with Gasteiger partial charge < -0.3 is 5.32 Å². The van der Waals surface area contributed by atoms with Crippen LogP contribution in [0.4, 0.5) is 5.82 Å². The molecule has 0 aliphatic carbocycles. The van der Waals surface area contributed by atoms with E-state index in [2.05, 4.69) is 21.6 Å². The van der Waals surface area contributed by atoms with Crippen LogP contribution in [0.1, 0.15) is 22.4 Å². The highest BCUT2D eigenvalue weighted by Gasteiger charge is 2.11. The number of sulfone groups is 1. The Labute approximate surface area is 129 Å². The molecule has 0 fully saturated rings. The first-order chi connectivity index (χ1) is 10.3. The normalized spacial score (nSPS) is 11.0. The molecule has 22 heavy (non-hydrogen) atoms. The lowest BCUT2D eigenvalue weighted by molar-refractivity contribution is 0.602. The van der Waals surface area contributed by atoms with Crippen LogP contribution in [0.2, 0.25) is 0 Å². The van der Waals surface area contributed by atoms with Crippen LogP contribution in [0.5, 0.6) is 0 Å². The van der Waals surface area contributed by atoms with Crippen LogP contribution in [0.25, 0.3) is 0 Å². The van der Waals surface area contributed by atoms with E-state index in [1.807, 2.05) is 6.92 Å². The SMILES string of the molecule is Cc1nnc(NCc2ccc(S(C)(=O)=O)cc2)c(C#N)c1C. The Balaban J connectivity index is 2.18. The molecule has 0 aliphatic heterocycles. The van der Waals surface area contributed by atoms with Crippen molar-refractivity contribution in [1.29, 1.82) is 5.26 Å². The number of nitriles is 1. The minimum atomic E-state index is -3.19. The number of nitrogens with zero attached hydrogens (tertiary/aromatic N) is 3. The van der Waals surface area contributed by atoms with Gasteiger partial charge in [-0.2, -0.15) is 10.4 Å². The second-order valence-electron chi connectivity index (χ2n) is 5.02. The zero-order valence-corrected chi connectivity index (χ0v) is 13.4. The molecule has 0 bridgehead atoms.